The molecule has 3 N–H and O–H groups in total. The summed E-state index contributed by atoms with van der Waals surface area (Å²) in [6, 6.07) is 12.1. The Balaban J connectivity index is 0.000000220. The summed E-state index contributed by atoms with van der Waals surface area (Å²) < 4.78 is 51.0. The highest BCUT2D eigenvalue weighted by atomic mass is 35.7. The maximum absolute atomic E-state index is 10.7. The number of hydrogen-bond donors (Lipinski definition) is 2. The highest BCUT2D eigenvalue weighted by molar-refractivity contribution is 8.13. The molecular formula is C13H14ClNO5S2. The molecule has 0 aliphatic carbocycles. The second-order valence-electron chi connectivity index (χ2n) is 4.26. The first-order valence-corrected chi connectivity index (χ1v) is 9.60. The van der Waals surface area contributed by atoms with E-state index in [1.807, 2.05) is 6.92 Å². The van der Waals surface area contributed by atoms with Crippen LogP contribution in [0.1, 0.15) is 5.56 Å². The van der Waals surface area contributed by atoms with Crippen LogP contribution >= 0.6 is 10.7 Å². The SMILES string of the molecule is Cc1ccc(S(=O)(=O)Cl)cc1.Nc1ccccc1S(=O)(=O)O. The third kappa shape index (κ3) is 5.64. The van der Waals surface area contributed by atoms with E-state index in [4.69, 9.17) is 21.0 Å². The van der Waals surface area contributed by atoms with Gasteiger partial charge >= 0.3 is 0 Å². The van der Waals surface area contributed by atoms with E-state index in [2.05, 4.69) is 0 Å². The predicted octanol–water partition coefficient (Wildman–Crippen LogP) is 2.44. The van der Waals surface area contributed by atoms with Gasteiger partial charge in [0.1, 0.15) is 4.90 Å². The van der Waals surface area contributed by atoms with Gasteiger partial charge in [-0.25, -0.2) is 8.42 Å². The van der Waals surface area contributed by atoms with Gasteiger partial charge in [-0.1, -0.05) is 29.8 Å². The summed E-state index contributed by atoms with van der Waals surface area (Å²) in [5, 5.41) is 0. The molecule has 0 saturated heterocycles. The fourth-order valence-electron chi connectivity index (χ4n) is 1.42. The van der Waals surface area contributed by atoms with E-state index >= 15 is 0 Å². The number of nitrogens with two attached hydrogens (primary N) is 1. The van der Waals surface area contributed by atoms with E-state index < -0.39 is 19.2 Å². The molecule has 120 valence electrons. The molecule has 0 spiro atoms. The van der Waals surface area contributed by atoms with Crippen LogP contribution in [0.4, 0.5) is 5.69 Å². The number of nitrogen functional groups attached to an aromatic ring is 1. The molecule has 0 aromatic heterocycles. The molecule has 0 saturated carbocycles. The maximum atomic E-state index is 10.7. The van der Waals surface area contributed by atoms with Crippen molar-refractivity contribution in [2.75, 3.05) is 5.73 Å². The Kier molecular flexibility index (Phi) is 5.95. The highest BCUT2D eigenvalue weighted by Crippen LogP contribution is 2.16. The largest absolute Gasteiger partial charge is 0.398 e. The van der Waals surface area contributed by atoms with Gasteiger partial charge < -0.3 is 5.73 Å². The van der Waals surface area contributed by atoms with E-state index in [-0.39, 0.29) is 15.5 Å². The standard InChI is InChI=1S/C7H7ClO2S.C6H7NO3S/c1-6-2-4-7(5-3-6)11(8,9)10;7-5-3-1-2-4-6(5)11(8,9)10/h2-5H,1H3;1-4H,7H2,(H,8,9,10). The van der Waals surface area contributed by atoms with Crippen molar-refractivity contribution >= 4 is 35.5 Å². The molecule has 0 heterocycles. The van der Waals surface area contributed by atoms with Crippen molar-refractivity contribution < 1.29 is 21.4 Å². The Morgan fingerprint density at radius 2 is 1.45 bits per heavy atom. The molecule has 0 bridgehead atoms. The number of rotatable bonds is 2. The zero-order valence-corrected chi connectivity index (χ0v) is 13.9. The first-order chi connectivity index (χ1) is 10.0. The van der Waals surface area contributed by atoms with Crippen molar-refractivity contribution in [2.45, 2.75) is 16.7 Å². The average molecular weight is 364 g/mol. The summed E-state index contributed by atoms with van der Waals surface area (Å²) >= 11 is 0. The Bertz CT molecular complexity index is 846. The number of anilines is 1. The van der Waals surface area contributed by atoms with E-state index in [9.17, 15) is 16.8 Å². The van der Waals surface area contributed by atoms with E-state index in [0.29, 0.717) is 0 Å². The van der Waals surface area contributed by atoms with Gasteiger partial charge in [0.15, 0.2) is 0 Å². The quantitative estimate of drug-likeness (QED) is 0.481. The highest BCUT2D eigenvalue weighted by Gasteiger charge is 2.11. The fourth-order valence-corrected chi connectivity index (χ4v) is 2.80. The molecule has 2 aromatic rings. The van der Waals surface area contributed by atoms with E-state index in [0.717, 1.165) is 5.56 Å². The molecule has 0 aliphatic heterocycles. The second-order valence-corrected chi connectivity index (χ2v) is 8.22. The lowest BCUT2D eigenvalue weighted by atomic mass is 10.2. The summed E-state index contributed by atoms with van der Waals surface area (Å²) in [6.07, 6.45) is 0. The van der Waals surface area contributed by atoms with Gasteiger partial charge in [0.25, 0.3) is 19.2 Å². The topological polar surface area (TPSA) is 115 Å². The minimum Gasteiger partial charge on any atom is -0.398 e. The van der Waals surface area contributed by atoms with Gasteiger partial charge in [0.05, 0.1) is 10.6 Å². The van der Waals surface area contributed by atoms with Crippen LogP contribution in [0.15, 0.2) is 58.3 Å². The summed E-state index contributed by atoms with van der Waals surface area (Å²) in [5.74, 6) is 0. The van der Waals surface area contributed by atoms with Crippen LogP contribution in [-0.4, -0.2) is 21.4 Å². The van der Waals surface area contributed by atoms with Gasteiger partial charge in [-0.3, -0.25) is 4.55 Å². The predicted molar refractivity (Wildman–Crippen MR) is 84.9 cm³/mol. The number of aryl methyl sites for hydroxylation is 1. The summed E-state index contributed by atoms with van der Waals surface area (Å²) in [5.41, 5.74) is 6.33. The number of benzene rings is 2. The van der Waals surface area contributed by atoms with Crippen molar-refractivity contribution in [2.24, 2.45) is 0 Å². The lowest BCUT2D eigenvalue weighted by Crippen LogP contribution is -2.01. The van der Waals surface area contributed by atoms with Crippen LogP contribution in [0.3, 0.4) is 0 Å². The van der Waals surface area contributed by atoms with E-state index in [1.165, 1.54) is 30.3 Å². The van der Waals surface area contributed by atoms with Crippen LogP contribution < -0.4 is 5.73 Å². The van der Waals surface area contributed by atoms with Crippen molar-refractivity contribution in [3.05, 3.63) is 54.1 Å². The zero-order chi connectivity index (χ0) is 17.0. The van der Waals surface area contributed by atoms with Crippen LogP contribution in [-0.2, 0) is 19.2 Å². The van der Waals surface area contributed by atoms with Gasteiger partial charge in [0.2, 0.25) is 0 Å². The Labute approximate surface area is 133 Å². The van der Waals surface area contributed by atoms with Crippen LogP contribution in [0.2, 0.25) is 0 Å². The summed E-state index contributed by atoms with van der Waals surface area (Å²) in [4.78, 5) is -0.107. The molecule has 22 heavy (non-hydrogen) atoms. The third-order valence-electron chi connectivity index (χ3n) is 2.50. The molecule has 0 fully saturated rings. The van der Waals surface area contributed by atoms with Gasteiger partial charge in [-0.05, 0) is 31.2 Å². The summed E-state index contributed by atoms with van der Waals surface area (Å²) in [7, 11) is -2.62. The van der Waals surface area contributed by atoms with Crippen molar-refractivity contribution in [1.29, 1.82) is 0 Å². The molecule has 0 radical (unpaired) electrons. The first-order valence-electron chi connectivity index (χ1n) is 5.85. The lowest BCUT2D eigenvalue weighted by molar-refractivity contribution is 0.483. The summed E-state index contributed by atoms with van der Waals surface area (Å²) in [6.45, 7) is 1.88. The molecule has 2 aromatic carbocycles. The van der Waals surface area contributed by atoms with Crippen LogP contribution in [0, 0.1) is 6.92 Å². The third-order valence-corrected chi connectivity index (χ3v) is 4.80. The van der Waals surface area contributed by atoms with Gasteiger partial charge in [-0.15, -0.1) is 0 Å². The maximum Gasteiger partial charge on any atom is 0.296 e. The molecule has 6 nitrogen and oxygen atoms in total. The van der Waals surface area contributed by atoms with Gasteiger partial charge in [0, 0.05) is 10.7 Å². The zero-order valence-electron chi connectivity index (χ0n) is 11.5. The smallest absolute Gasteiger partial charge is 0.296 e. The van der Waals surface area contributed by atoms with Crippen LogP contribution in [0.25, 0.3) is 0 Å². The van der Waals surface area contributed by atoms with Crippen molar-refractivity contribution in [1.82, 2.24) is 0 Å². The second kappa shape index (κ2) is 7.10. The number of halogens is 1. The monoisotopic (exact) mass is 363 g/mol. The number of hydrogen-bond acceptors (Lipinski definition) is 5. The molecule has 0 unspecified atom stereocenters. The first kappa shape index (κ1) is 18.4. The molecular weight excluding hydrogens is 350 g/mol. The Morgan fingerprint density at radius 1 is 0.955 bits per heavy atom. The van der Waals surface area contributed by atoms with Crippen LogP contribution in [0.5, 0.6) is 0 Å². The molecule has 9 heteroatoms. The van der Waals surface area contributed by atoms with Gasteiger partial charge in [-0.2, -0.15) is 8.42 Å². The normalized spacial score (nSPS) is 11.4. The number of para-hydroxylation sites is 1. The van der Waals surface area contributed by atoms with E-state index in [1.54, 1.807) is 18.2 Å². The minimum absolute atomic E-state index is 0.0509. The van der Waals surface area contributed by atoms with Crippen molar-refractivity contribution in [3.8, 4) is 0 Å². The average Bonchev–Trinajstić information content (AvgIpc) is 2.38. The molecule has 0 atom stereocenters. The fraction of sp³-hybridized carbons (Fsp3) is 0.0769. The molecule has 0 aliphatic rings. The minimum atomic E-state index is -4.16. The Morgan fingerprint density at radius 3 is 1.82 bits per heavy atom. The molecule has 0 amide bonds. The lowest BCUT2D eigenvalue weighted by Gasteiger charge is -1.98. The van der Waals surface area contributed by atoms with Crippen molar-refractivity contribution in [3.63, 3.8) is 0 Å². The Hall–Kier alpha value is -1.61. The molecule has 2 rings (SSSR count).